The molecule has 1 amide bonds. The lowest BCUT2D eigenvalue weighted by atomic mass is 10.1. The number of non-ortho nitro benzene ring substituents is 1. The normalized spacial score (nSPS) is 11.1. The van der Waals surface area contributed by atoms with Crippen LogP contribution in [0.2, 0.25) is 0 Å². The number of methoxy groups -OCH3 is 1. The number of nitrogens with zero attached hydrogens (tertiary/aromatic N) is 1. The molecule has 0 heterocycles. The van der Waals surface area contributed by atoms with Crippen molar-refractivity contribution in [2.24, 2.45) is 0 Å². The van der Waals surface area contributed by atoms with Crippen LogP contribution in [0.3, 0.4) is 0 Å². The number of hydrogen-bond donors (Lipinski definition) is 1. The van der Waals surface area contributed by atoms with Gasteiger partial charge in [-0.2, -0.15) is 0 Å². The molecule has 0 fully saturated rings. The van der Waals surface area contributed by atoms with Gasteiger partial charge in [0.2, 0.25) is 0 Å². The van der Waals surface area contributed by atoms with Gasteiger partial charge in [-0.15, -0.1) is 0 Å². The van der Waals surface area contributed by atoms with E-state index in [1.807, 2.05) is 16.9 Å². The molecule has 0 aliphatic heterocycles. The number of nitro groups is 1. The van der Waals surface area contributed by atoms with Gasteiger partial charge in [0, 0.05) is 12.1 Å². The second-order valence-electron chi connectivity index (χ2n) is 5.59. The molecule has 0 spiro atoms. The van der Waals surface area contributed by atoms with Crippen LogP contribution in [0.25, 0.3) is 10.8 Å². The average Bonchev–Trinajstić information content (AvgIpc) is 2.66. The number of nitrogens with one attached hydrogen (secondary N) is 1. The smallest absolute Gasteiger partial charge is 0.269 e. The van der Waals surface area contributed by atoms with Gasteiger partial charge in [0.1, 0.15) is 5.75 Å². The third kappa shape index (κ3) is 3.72. The summed E-state index contributed by atoms with van der Waals surface area (Å²) in [5, 5.41) is 12.3. The Labute approximate surface area is 154 Å². The van der Waals surface area contributed by atoms with E-state index in [1.165, 1.54) is 13.2 Å². The molecular weight excluding hydrogens is 372 g/mol. The van der Waals surface area contributed by atoms with Gasteiger partial charge in [0.25, 0.3) is 21.6 Å². The molecule has 1 N–H and O–H groups in total. The maximum Gasteiger partial charge on any atom is 0.269 e. The number of nitro benzene ring substituents is 1. The van der Waals surface area contributed by atoms with E-state index in [0.717, 1.165) is 35.0 Å². The van der Waals surface area contributed by atoms with Crippen LogP contribution in [0.4, 0.5) is 5.69 Å². The number of ether oxygens (including phenoxy) is 1. The van der Waals surface area contributed by atoms with E-state index in [1.54, 1.807) is 18.2 Å². The second kappa shape index (κ2) is 7.04. The van der Waals surface area contributed by atoms with Crippen molar-refractivity contribution in [3.63, 3.8) is 0 Å². The Morgan fingerprint density at radius 3 is 2.19 bits per heavy atom. The third-order valence-corrected chi connectivity index (χ3v) is 5.24. The highest BCUT2D eigenvalue weighted by molar-refractivity contribution is 7.90. The highest BCUT2D eigenvalue weighted by Gasteiger charge is 2.22. The highest BCUT2D eigenvalue weighted by atomic mass is 32.2. The summed E-state index contributed by atoms with van der Waals surface area (Å²) in [6.07, 6.45) is 0. The molecular formula is C18H14N2O6S. The Kier molecular flexibility index (Phi) is 4.78. The summed E-state index contributed by atoms with van der Waals surface area (Å²) >= 11 is 0. The molecule has 0 saturated carbocycles. The maximum absolute atomic E-state index is 12.6. The largest absolute Gasteiger partial charge is 0.496 e. The average molecular weight is 386 g/mol. The Morgan fingerprint density at radius 1 is 1.04 bits per heavy atom. The molecule has 27 heavy (non-hydrogen) atoms. The van der Waals surface area contributed by atoms with Gasteiger partial charge in [-0.3, -0.25) is 14.9 Å². The minimum absolute atomic E-state index is 0.0571. The van der Waals surface area contributed by atoms with Gasteiger partial charge in [0.05, 0.1) is 22.5 Å². The van der Waals surface area contributed by atoms with Crippen LogP contribution < -0.4 is 9.46 Å². The highest BCUT2D eigenvalue weighted by Crippen LogP contribution is 2.26. The number of sulfonamides is 1. The fraction of sp³-hybridized carbons (Fsp3) is 0.0556. The molecule has 8 nitrogen and oxygen atoms in total. The standard InChI is InChI=1S/C18H14N2O6S/c1-26-17-11-13-5-3-2-4-12(13)10-16(17)18(21)19-27(24,25)15-8-6-14(7-9-15)20(22)23/h2-11H,1H3,(H,19,21). The van der Waals surface area contributed by atoms with E-state index >= 15 is 0 Å². The van der Waals surface area contributed by atoms with Crippen molar-refractivity contribution >= 4 is 32.4 Å². The van der Waals surface area contributed by atoms with Gasteiger partial charge in [-0.25, -0.2) is 13.1 Å². The van der Waals surface area contributed by atoms with Crippen LogP contribution in [-0.2, 0) is 10.0 Å². The minimum Gasteiger partial charge on any atom is -0.496 e. The summed E-state index contributed by atoms with van der Waals surface area (Å²) in [7, 11) is -2.83. The van der Waals surface area contributed by atoms with Crippen molar-refractivity contribution in [1.82, 2.24) is 4.72 Å². The Morgan fingerprint density at radius 2 is 1.63 bits per heavy atom. The fourth-order valence-electron chi connectivity index (χ4n) is 2.55. The zero-order chi connectivity index (χ0) is 19.6. The number of fused-ring (bicyclic) bond motifs is 1. The minimum atomic E-state index is -4.21. The topological polar surface area (TPSA) is 116 Å². The summed E-state index contributed by atoms with van der Waals surface area (Å²) in [5.41, 5.74) is -0.196. The van der Waals surface area contributed by atoms with Gasteiger partial charge in [-0.05, 0) is 35.0 Å². The van der Waals surface area contributed by atoms with E-state index in [4.69, 9.17) is 4.74 Å². The number of amides is 1. The number of hydrogen-bond acceptors (Lipinski definition) is 6. The second-order valence-corrected chi connectivity index (χ2v) is 7.27. The third-order valence-electron chi connectivity index (χ3n) is 3.90. The van der Waals surface area contributed by atoms with Gasteiger partial charge >= 0.3 is 0 Å². The molecule has 0 aliphatic carbocycles. The molecule has 3 aromatic rings. The van der Waals surface area contributed by atoms with Crippen LogP contribution in [0.15, 0.2) is 65.6 Å². The van der Waals surface area contributed by atoms with Crippen LogP contribution >= 0.6 is 0 Å². The van der Waals surface area contributed by atoms with Crippen molar-refractivity contribution in [3.8, 4) is 5.75 Å². The lowest BCUT2D eigenvalue weighted by Crippen LogP contribution is -2.30. The molecule has 9 heteroatoms. The van der Waals surface area contributed by atoms with E-state index in [-0.39, 0.29) is 21.9 Å². The molecule has 0 bridgehead atoms. The van der Waals surface area contributed by atoms with Crippen LogP contribution in [0.1, 0.15) is 10.4 Å². The summed E-state index contributed by atoms with van der Waals surface area (Å²) < 4.78 is 32.0. The molecule has 0 aliphatic rings. The number of carbonyl (C=O) groups is 1. The van der Waals surface area contributed by atoms with Crippen LogP contribution in [0, 0.1) is 10.1 Å². The van der Waals surface area contributed by atoms with Crippen molar-refractivity contribution in [2.45, 2.75) is 4.90 Å². The Balaban J connectivity index is 1.94. The van der Waals surface area contributed by atoms with Crippen LogP contribution in [0.5, 0.6) is 5.75 Å². The number of carbonyl (C=O) groups excluding carboxylic acids is 1. The summed E-state index contributed by atoms with van der Waals surface area (Å²) in [4.78, 5) is 22.3. The quantitative estimate of drug-likeness (QED) is 0.532. The fourth-order valence-corrected chi connectivity index (χ4v) is 3.51. The molecule has 3 rings (SSSR count). The molecule has 3 aromatic carbocycles. The first kappa shape index (κ1) is 18.3. The van der Waals surface area contributed by atoms with E-state index in [2.05, 4.69) is 0 Å². The maximum atomic E-state index is 12.6. The first-order valence-electron chi connectivity index (χ1n) is 7.70. The van der Waals surface area contributed by atoms with Crippen molar-refractivity contribution in [2.75, 3.05) is 7.11 Å². The first-order chi connectivity index (χ1) is 12.8. The Hall–Kier alpha value is -3.46. The first-order valence-corrected chi connectivity index (χ1v) is 9.18. The van der Waals surface area contributed by atoms with Gasteiger partial charge in [0.15, 0.2) is 0 Å². The Bertz CT molecular complexity index is 1140. The summed E-state index contributed by atoms with van der Waals surface area (Å²) in [6, 6.07) is 14.7. The molecule has 0 unspecified atom stereocenters. The zero-order valence-corrected chi connectivity index (χ0v) is 14.9. The predicted octanol–water partition coefficient (Wildman–Crippen LogP) is 2.88. The number of benzene rings is 3. The predicted molar refractivity (Wildman–Crippen MR) is 98.2 cm³/mol. The van der Waals surface area contributed by atoms with E-state index < -0.39 is 20.9 Å². The van der Waals surface area contributed by atoms with Gasteiger partial charge < -0.3 is 4.74 Å². The summed E-state index contributed by atoms with van der Waals surface area (Å²) in [5.74, 6) is -0.638. The zero-order valence-electron chi connectivity index (χ0n) is 14.1. The van der Waals surface area contributed by atoms with E-state index in [0.29, 0.717) is 0 Å². The number of rotatable bonds is 5. The van der Waals surface area contributed by atoms with Crippen molar-refractivity contribution in [3.05, 3.63) is 76.3 Å². The van der Waals surface area contributed by atoms with Crippen LogP contribution in [-0.4, -0.2) is 26.4 Å². The molecule has 0 aromatic heterocycles. The SMILES string of the molecule is COc1cc2ccccc2cc1C(=O)NS(=O)(=O)c1ccc([N+](=O)[O-])cc1. The lowest BCUT2D eigenvalue weighted by Gasteiger charge is -2.11. The lowest BCUT2D eigenvalue weighted by molar-refractivity contribution is -0.384. The molecule has 0 atom stereocenters. The van der Waals surface area contributed by atoms with E-state index in [9.17, 15) is 23.3 Å². The molecule has 0 radical (unpaired) electrons. The molecule has 138 valence electrons. The monoisotopic (exact) mass is 386 g/mol. The van der Waals surface area contributed by atoms with Crippen molar-refractivity contribution < 1.29 is 22.9 Å². The van der Waals surface area contributed by atoms with Crippen molar-refractivity contribution in [1.29, 1.82) is 0 Å². The summed E-state index contributed by atoms with van der Waals surface area (Å²) in [6.45, 7) is 0. The van der Waals surface area contributed by atoms with Gasteiger partial charge in [-0.1, -0.05) is 24.3 Å². The molecule has 0 saturated heterocycles.